The molecule has 0 saturated carbocycles. The molecule has 3 nitrogen and oxygen atoms in total. The Morgan fingerprint density at radius 1 is 1.60 bits per heavy atom. The minimum absolute atomic E-state index is 0.0639. The van der Waals surface area contributed by atoms with Crippen molar-refractivity contribution in [3.8, 4) is 0 Å². The highest BCUT2D eigenvalue weighted by atomic mass is 79.9. The van der Waals surface area contributed by atoms with Crippen molar-refractivity contribution in [2.75, 3.05) is 5.32 Å². The van der Waals surface area contributed by atoms with Crippen molar-refractivity contribution in [3.63, 3.8) is 0 Å². The summed E-state index contributed by atoms with van der Waals surface area (Å²) >= 11 is 3.45. The van der Waals surface area contributed by atoms with Crippen LogP contribution in [0.1, 0.15) is 18.1 Å². The van der Waals surface area contributed by atoms with Gasteiger partial charge in [0.15, 0.2) is 0 Å². The van der Waals surface area contributed by atoms with Crippen LogP contribution in [-0.4, -0.2) is 11.9 Å². The lowest BCUT2D eigenvalue weighted by Gasteiger charge is -2.11. The standard InChI is InChI=1S/C11H13BrN2O/c1-6(13)2-7-3-9(12)4-8-5-10(15)14-11(7)8/h3-4,6H,2,5,13H2,1H3,(H,14,15). The third-order valence-corrected chi connectivity index (χ3v) is 2.88. The summed E-state index contributed by atoms with van der Waals surface area (Å²) in [5.41, 5.74) is 8.91. The van der Waals surface area contributed by atoms with E-state index in [0.717, 1.165) is 27.7 Å². The van der Waals surface area contributed by atoms with Crippen LogP contribution in [0.5, 0.6) is 0 Å². The summed E-state index contributed by atoms with van der Waals surface area (Å²) in [7, 11) is 0. The molecule has 1 aromatic carbocycles. The second-order valence-electron chi connectivity index (χ2n) is 4.01. The van der Waals surface area contributed by atoms with Crippen LogP contribution in [0.25, 0.3) is 0 Å². The fourth-order valence-corrected chi connectivity index (χ4v) is 2.44. The van der Waals surface area contributed by atoms with Crippen molar-refractivity contribution in [2.45, 2.75) is 25.8 Å². The molecule has 0 saturated heterocycles. The summed E-state index contributed by atoms with van der Waals surface area (Å²) in [4.78, 5) is 11.3. The number of hydrogen-bond donors (Lipinski definition) is 2. The van der Waals surface area contributed by atoms with E-state index in [1.54, 1.807) is 0 Å². The monoisotopic (exact) mass is 268 g/mol. The van der Waals surface area contributed by atoms with Crippen LogP contribution in [-0.2, 0) is 17.6 Å². The van der Waals surface area contributed by atoms with Crippen LogP contribution in [0.3, 0.4) is 0 Å². The third kappa shape index (κ3) is 2.21. The molecule has 80 valence electrons. The van der Waals surface area contributed by atoms with Gasteiger partial charge in [-0.05, 0) is 36.6 Å². The SMILES string of the molecule is CC(N)Cc1cc(Br)cc2c1NC(=O)C2. The number of carbonyl (C=O) groups is 1. The lowest BCUT2D eigenvalue weighted by Crippen LogP contribution is -2.18. The Balaban J connectivity index is 2.42. The van der Waals surface area contributed by atoms with E-state index in [0.29, 0.717) is 6.42 Å². The summed E-state index contributed by atoms with van der Waals surface area (Å²) in [6, 6.07) is 4.10. The zero-order valence-electron chi connectivity index (χ0n) is 8.51. The van der Waals surface area contributed by atoms with E-state index in [9.17, 15) is 4.79 Å². The second kappa shape index (κ2) is 3.94. The molecule has 1 atom stereocenters. The van der Waals surface area contributed by atoms with E-state index in [1.807, 2.05) is 19.1 Å². The number of anilines is 1. The van der Waals surface area contributed by atoms with Gasteiger partial charge in [0.05, 0.1) is 6.42 Å². The first-order valence-corrected chi connectivity index (χ1v) is 5.72. The Bertz CT molecular complexity index is 415. The fraction of sp³-hybridized carbons (Fsp3) is 0.364. The van der Waals surface area contributed by atoms with Crippen molar-refractivity contribution in [1.29, 1.82) is 0 Å². The lowest BCUT2D eigenvalue weighted by molar-refractivity contribution is -0.115. The molecule has 0 aromatic heterocycles. The van der Waals surface area contributed by atoms with Gasteiger partial charge in [0.25, 0.3) is 0 Å². The Morgan fingerprint density at radius 3 is 3.00 bits per heavy atom. The molecule has 1 amide bonds. The maximum absolute atomic E-state index is 11.3. The summed E-state index contributed by atoms with van der Waals surface area (Å²) in [5, 5.41) is 2.88. The number of benzene rings is 1. The largest absolute Gasteiger partial charge is 0.328 e. The normalized spacial score (nSPS) is 16.1. The average Bonchev–Trinajstić information content (AvgIpc) is 2.44. The van der Waals surface area contributed by atoms with Gasteiger partial charge in [-0.15, -0.1) is 0 Å². The summed E-state index contributed by atoms with van der Waals surface area (Å²) < 4.78 is 1.01. The Labute approximate surface area is 97.2 Å². The predicted molar refractivity (Wildman–Crippen MR) is 63.8 cm³/mol. The Morgan fingerprint density at radius 2 is 2.33 bits per heavy atom. The first-order valence-electron chi connectivity index (χ1n) is 4.93. The van der Waals surface area contributed by atoms with Gasteiger partial charge in [-0.1, -0.05) is 15.9 Å². The topological polar surface area (TPSA) is 55.1 Å². The third-order valence-electron chi connectivity index (χ3n) is 2.42. The van der Waals surface area contributed by atoms with Gasteiger partial charge in [-0.2, -0.15) is 0 Å². The minimum atomic E-state index is 0.0639. The highest BCUT2D eigenvalue weighted by molar-refractivity contribution is 9.10. The Hall–Kier alpha value is -0.870. The molecule has 15 heavy (non-hydrogen) atoms. The molecule has 1 aromatic rings. The van der Waals surface area contributed by atoms with Gasteiger partial charge in [0, 0.05) is 16.2 Å². The molecular weight excluding hydrogens is 256 g/mol. The Kier molecular flexibility index (Phi) is 2.80. The van der Waals surface area contributed by atoms with Crippen LogP contribution in [0.15, 0.2) is 16.6 Å². The van der Waals surface area contributed by atoms with Crippen molar-refractivity contribution < 1.29 is 4.79 Å². The van der Waals surface area contributed by atoms with Crippen molar-refractivity contribution in [2.24, 2.45) is 5.73 Å². The van der Waals surface area contributed by atoms with Crippen LogP contribution in [0, 0.1) is 0 Å². The van der Waals surface area contributed by atoms with Gasteiger partial charge in [-0.3, -0.25) is 4.79 Å². The molecule has 2 rings (SSSR count). The van der Waals surface area contributed by atoms with Gasteiger partial charge in [0.2, 0.25) is 5.91 Å². The fourth-order valence-electron chi connectivity index (χ4n) is 1.89. The number of nitrogens with one attached hydrogen (secondary N) is 1. The molecule has 1 heterocycles. The molecule has 1 aliphatic rings. The van der Waals surface area contributed by atoms with Crippen LogP contribution in [0.2, 0.25) is 0 Å². The quantitative estimate of drug-likeness (QED) is 0.860. The van der Waals surface area contributed by atoms with E-state index in [-0.39, 0.29) is 11.9 Å². The number of carbonyl (C=O) groups excluding carboxylic acids is 1. The zero-order chi connectivity index (χ0) is 11.0. The van der Waals surface area contributed by atoms with E-state index < -0.39 is 0 Å². The van der Waals surface area contributed by atoms with Crippen molar-refractivity contribution >= 4 is 27.5 Å². The highest BCUT2D eigenvalue weighted by Gasteiger charge is 2.21. The number of rotatable bonds is 2. The summed E-state index contributed by atoms with van der Waals surface area (Å²) in [6.45, 7) is 1.96. The van der Waals surface area contributed by atoms with Gasteiger partial charge in [0.1, 0.15) is 0 Å². The van der Waals surface area contributed by atoms with Gasteiger partial charge >= 0.3 is 0 Å². The smallest absolute Gasteiger partial charge is 0.228 e. The lowest BCUT2D eigenvalue weighted by atomic mass is 10.0. The number of fused-ring (bicyclic) bond motifs is 1. The molecule has 1 unspecified atom stereocenters. The number of nitrogens with two attached hydrogens (primary N) is 1. The maximum Gasteiger partial charge on any atom is 0.228 e. The molecule has 3 N–H and O–H groups in total. The van der Waals surface area contributed by atoms with Gasteiger partial charge < -0.3 is 11.1 Å². The first-order chi connectivity index (χ1) is 7.06. The predicted octanol–water partition coefficient (Wildman–Crippen LogP) is 1.83. The van der Waals surface area contributed by atoms with Crippen molar-refractivity contribution in [3.05, 3.63) is 27.7 Å². The zero-order valence-corrected chi connectivity index (χ0v) is 10.1. The molecule has 0 spiro atoms. The van der Waals surface area contributed by atoms with E-state index >= 15 is 0 Å². The van der Waals surface area contributed by atoms with E-state index in [4.69, 9.17) is 5.73 Å². The number of hydrogen-bond acceptors (Lipinski definition) is 2. The maximum atomic E-state index is 11.3. The first kappa shape index (κ1) is 10.6. The number of halogens is 1. The summed E-state index contributed by atoms with van der Waals surface area (Å²) in [5.74, 6) is 0.0639. The van der Waals surface area contributed by atoms with E-state index in [1.165, 1.54) is 0 Å². The molecular formula is C11H13BrN2O. The molecule has 4 heteroatoms. The molecule has 0 radical (unpaired) electrons. The molecule has 0 fully saturated rings. The van der Waals surface area contributed by atoms with Crippen LogP contribution >= 0.6 is 15.9 Å². The van der Waals surface area contributed by atoms with Gasteiger partial charge in [-0.25, -0.2) is 0 Å². The average molecular weight is 269 g/mol. The van der Waals surface area contributed by atoms with E-state index in [2.05, 4.69) is 21.2 Å². The molecule has 1 aliphatic heterocycles. The molecule has 0 bridgehead atoms. The molecule has 0 aliphatic carbocycles. The van der Waals surface area contributed by atoms with Crippen molar-refractivity contribution in [1.82, 2.24) is 0 Å². The van der Waals surface area contributed by atoms with Crippen LogP contribution in [0.4, 0.5) is 5.69 Å². The van der Waals surface area contributed by atoms with Crippen LogP contribution < -0.4 is 11.1 Å². The second-order valence-corrected chi connectivity index (χ2v) is 4.92. The number of amides is 1. The summed E-state index contributed by atoms with van der Waals surface area (Å²) in [6.07, 6.45) is 1.25. The minimum Gasteiger partial charge on any atom is -0.328 e. The highest BCUT2D eigenvalue weighted by Crippen LogP contribution is 2.31.